The SMILES string of the molecule is CSc1ccc(CN(C)CN2C(=O)NC3(CCCCCCC3)C2=O)cc1. The van der Waals surface area contributed by atoms with E-state index in [0.29, 0.717) is 13.2 Å². The van der Waals surface area contributed by atoms with Gasteiger partial charge in [-0.1, -0.05) is 44.2 Å². The van der Waals surface area contributed by atoms with Crippen LogP contribution in [0.25, 0.3) is 0 Å². The number of nitrogens with zero attached hydrogens (tertiary/aromatic N) is 2. The minimum atomic E-state index is -0.654. The van der Waals surface area contributed by atoms with E-state index < -0.39 is 5.54 Å². The number of benzene rings is 1. The highest BCUT2D eigenvalue weighted by molar-refractivity contribution is 7.98. The second-order valence-electron chi connectivity index (χ2n) is 7.52. The Morgan fingerprint density at radius 1 is 1.08 bits per heavy atom. The predicted octanol–water partition coefficient (Wildman–Crippen LogP) is 3.83. The topological polar surface area (TPSA) is 52.6 Å². The maximum absolute atomic E-state index is 13.0. The van der Waals surface area contributed by atoms with Crippen molar-refractivity contribution in [2.75, 3.05) is 20.0 Å². The lowest BCUT2D eigenvalue weighted by molar-refractivity contribution is -0.133. The van der Waals surface area contributed by atoms with Crippen LogP contribution in [0.15, 0.2) is 29.2 Å². The van der Waals surface area contributed by atoms with Crippen LogP contribution >= 0.6 is 11.8 Å². The first-order valence-corrected chi connectivity index (χ1v) is 10.7. The molecule has 2 aliphatic rings. The molecular weight excluding hydrogens is 346 g/mol. The van der Waals surface area contributed by atoms with Crippen molar-refractivity contribution in [3.8, 4) is 0 Å². The highest BCUT2D eigenvalue weighted by atomic mass is 32.2. The fourth-order valence-corrected chi connectivity index (χ4v) is 4.39. The Bertz CT molecular complexity index is 639. The fourth-order valence-electron chi connectivity index (χ4n) is 3.99. The number of thioether (sulfide) groups is 1. The van der Waals surface area contributed by atoms with Gasteiger partial charge in [0.1, 0.15) is 5.54 Å². The molecule has 1 aliphatic heterocycles. The van der Waals surface area contributed by atoms with E-state index in [1.54, 1.807) is 11.8 Å². The van der Waals surface area contributed by atoms with Crippen LogP contribution in [0.2, 0.25) is 0 Å². The molecule has 1 saturated carbocycles. The van der Waals surface area contributed by atoms with Crippen molar-refractivity contribution in [2.24, 2.45) is 0 Å². The molecule has 1 aliphatic carbocycles. The van der Waals surface area contributed by atoms with Gasteiger partial charge in [-0.2, -0.15) is 0 Å². The molecule has 5 nitrogen and oxygen atoms in total. The van der Waals surface area contributed by atoms with Crippen LogP contribution in [-0.4, -0.2) is 47.2 Å². The highest BCUT2D eigenvalue weighted by Crippen LogP contribution is 2.32. The molecule has 3 rings (SSSR count). The van der Waals surface area contributed by atoms with Crippen molar-refractivity contribution in [2.45, 2.75) is 61.9 Å². The summed E-state index contributed by atoms with van der Waals surface area (Å²) in [7, 11) is 1.95. The van der Waals surface area contributed by atoms with E-state index in [2.05, 4.69) is 35.8 Å². The largest absolute Gasteiger partial charge is 0.326 e. The highest BCUT2D eigenvalue weighted by Gasteiger charge is 2.50. The summed E-state index contributed by atoms with van der Waals surface area (Å²) in [4.78, 5) is 30.2. The minimum absolute atomic E-state index is 0.0334. The van der Waals surface area contributed by atoms with Crippen LogP contribution in [0, 0.1) is 0 Å². The maximum Gasteiger partial charge on any atom is 0.326 e. The molecule has 0 atom stereocenters. The average Bonchev–Trinajstić information content (AvgIpc) is 2.84. The summed E-state index contributed by atoms with van der Waals surface area (Å²) in [5.41, 5.74) is 0.524. The summed E-state index contributed by atoms with van der Waals surface area (Å²) in [5, 5.41) is 3.03. The fraction of sp³-hybridized carbons (Fsp3) is 0.600. The Balaban J connectivity index is 1.62. The molecule has 142 valence electrons. The zero-order chi connectivity index (χ0) is 18.6. The van der Waals surface area contributed by atoms with E-state index in [-0.39, 0.29) is 11.9 Å². The van der Waals surface area contributed by atoms with E-state index in [0.717, 1.165) is 38.5 Å². The van der Waals surface area contributed by atoms with Crippen LogP contribution < -0.4 is 5.32 Å². The van der Waals surface area contributed by atoms with Gasteiger partial charge in [0, 0.05) is 11.4 Å². The Morgan fingerprint density at radius 3 is 2.31 bits per heavy atom. The van der Waals surface area contributed by atoms with Crippen LogP contribution in [0.5, 0.6) is 0 Å². The molecule has 26 heavy (non-hydrogen) atoms. The summed E-state index contributed by atoms with van der Waals surface area (Å²) in [6.07, 6.45) is 9.16. The number of hydrogen-bond acceptors (Lipinski definition) is 4. The first-order chi connectivity index (χ1) is 12.5. The number of rotatable bonds is 5. The zero-order valence-corrected chi connectivity index (χ0v) is 16.6. The van der Waals surface area contributed by atoms with E-state index in [1.807, 2.05) is 11.9 Å². The van der Waals surface area contributed by atoms with E-state index in [4.69, 9.17) is 0 Å². The Morgan fingerprint density at radius 2 is 1.69 bits per heavy atom. The summed E-state index contributed by atoms with van der Waals surface area (Å²) in [6, 6.07) is 8.17. The Kier molecular flexibility index (Phi) is 6.24. The standard InChI is InChI=1S/C20H29N3O2S/c1-22(14-16-8-10-17(26-2)11-9-16)15-23-18(24)20(21-19(23)25)12-6-4-3-5-7-13-20/h8-11H,3-7,12-15H2,1-2H3,(H,21,25). The van der Waals surface area contributed by atoms with E-state index >= 15 is 0 Å². The summed E-state index contributed by atoms with van der Waals surface area (Å²) < 4.78 is 0. The normalized spacial score (nSPS) is 20.3. The minimum Gasteiger partial charge on any atom is -0.323 e. The Hall–Kier alpha value is -1.53. The van der Waals surface area contributed by atoms with Gasteiger partial charge in [-0.05, 0) is 43.8 Å². The first-order valence-electron chi connectivity index (χ1n) is 9.50. The molecular formula is C20H29N3O2S. The Labute approximate surface area is 160 Å². The van der Waals surface area contributed by atoms with Gasteiger partial charge in [-0.25, -0.2) is 9.69 Å². The lowest BCUT2D eigenvalue weighted by Crippen LogP contribution is -2.48. The van der Waals surface area contributed by atoms with Gasteiger partial charge in [-0.3, -0.25) is 9.69 Å². The molecule has 1 saturated heterocycles. The molecule has 3 amide bonds. The number of carbonyl (C=O) groups excluding carboxylic acids is 2. The quantitative estimate of drug-likeness (QED) is 0.628. The third kappa shape index (κ3) is 4.23. The van der Waals surface area contributed by atoms with Gasteiger partial charge >= 0.3 is 6.03 Å². The number of carbonyl (C=O) groups is 2. The van der Waals surface area contributed by atoms with Crippen LogP contribution in [0.4, 0.5) is 4.79 Å². The maximum atomic E-state index is 13.0. The molecule has 0 bridgehead atoms. The van der Waals surface area contributed by atoms with Gasteiger partial charge in [0.05, 0.1) is 6.67 Å². The molecule has 1 aromatic carbocycles. The monoisotopic (exact) mass is 375 g/mol. The van der Waals surface area contributed by atoms with Crippen LogP contribution in [0.1, 0.15) is 50.5 Å². The van der Waals surface area contributed by atoms with Crippen molar-refractivity contribution in [3.05, 3.63) is 29.8 Å². The van der Waals surface area contributed by atoms with Crippen molar-refractivity contribution in [1.82, 2.24) is 15.1 Å². The predicted molar refractivity (Wildman–Crippen MR) is 105 cm³/mol. The van der Waals surface area contributed by atoms with Crippen LogP contribution in [0.3, 0.4) is 0 Å². The van der Waals surface area contributed by atoms with Crippen molar-refractivity contribution in [3.63, 3.8) is 0 Å². The van der Waals surface area contributed by atoms with E-state index in [1.165, 1.54) is 21.8 Å². The number of hydrogen-bond donors (Lipinski definition) is 1. The molecule has 6 heteroatoms. The number of urea groups is 1. The third-order valence-corrected chi connectivity index (χ3v) is 6.19. The summed E-state index contributed by atoms with van der Waals surface area (Å²) in [6.45, 7) is 1.04. The number of nitrogens with one attached hydrogen (secondary N) is 1. The number of imide groups is 1. The second-order valence-corrected chi connectivity index (χ2v) is 8.40. The third-order valence-electron chi connectivity index (χ3n) is 5.45. The molecule has 1 aromatic rings. The average molecular weight is 376 g/mol. The lowest BCUT2D eigenvalue weighted by Gasteiger charge is -2.29. The van der Waals surface area contributed by atoms with Gasteiger partial charge < -0.3 is 5.32 Å². The van der Waals surface area contributed by atoms with Gasteiger partial charge in [0.2, 0.25) is 0 Å². The lowest BCUT2D eigenvalue weighted by atomic mass is 9.84. The second kappa shape index (κ2) is 8.44. The van der Waals surface area contributed by atoms with Gasteiger partial charge in [0.25, 0.3) is 5.91 Å². The molecule has 1 N–H and O–H groups in total. The van der Waals surface area contributed by atoms with E-state index in [9.17, 15) is 9.59 Å². The summed E-state index contributed by atoms with van der Waals surface area (Å²) >= 11 is 1.72. The molecule has 0 aromatic heterocycles. The molecule has 0 unspecified atom stereocenters. The molecule has 0 radical (unpaired) electrons. The van der Waals surface area contributed by atoms with Gasteiger partial charge in [-0.15, -0.1) is 11.8 Å². The van der Waals surface area contributed by atoms with Crippen molar-refractivity contribution < 1.29 is 9.59 Å². The molecule has 1 spiro atoms. The number of amides is 3. The van der Waals surface area contributed by atoms with Crippen molar-refractivity contribution >= 4 is 23.7 Å². The summed E-state index contributed by atoms with van der Waals surface area (Å²) in [5.74, 6) is -0.0334. The zero-order valence-electron chi connectivity index (χ0n) is 15.8. The molecule has 2 fully saturated rings. The first kappa shape index (κ1) is 19.2. The van der Waals surface area contributed by atoms with Crippen LogP contribution in [-0.2, 0) is 11.3 Å². The smallest absolute Gasteiger partial charge is 0.323 e. The molecule has 1 heterocycles. The van der Waals surface area contributed by atoms with Gasteiger partial charge in [0.15, 0.2) is 0 Å². The van der Waals surface area contributed by atoms with Crippen molar-refractivity contribution in [1.29, 1.82) is 0 Å².